The smallest absolute Gasteiger partial charge is 0.252 e. The summed E-state index contributed by atoms with van der Waals surface area (Å²) in [5, 5.41) is 2.95. The van der Waals surface area contributed by atoms with Crippen molar-refractivity contribution in [3.63, 3.8) is 0 Å². The summed E-state index contributed by atoms with van der Waals surface area (Å²) in [6.45, 7) is 1.95. The highest BCUT2D eigenvalue weighted by molar-refractivity contribution is 9.11. The SMILES string of the molecule is CC(Cc1ccco1)NC(=O)c1cc(Br)ccc1Br. The molecule has 3 nitrogen and oxygen atoms in total. The highest BCUT2D eigenvalue weighted by Crippen LogP contribution is 2.21. The Bertz CT molecular complexity index is 567. The van der Waals surface area contributed by atoms with E-state index < -0.39 is 0 Å². The van der Waals surface area contributed by atoms with Gasteiger partial charge in [0.1, 0.15) is 5.76 Å². The molecule has 2 aromatic rings. The first kappa shape index (κ1) is 14.3. The van der Waals surface area contributed by atoms with Crippen molar-refractivity contribution in [1.82, 2.24) is 5.32 Å². The number of hydrogen-bond donors (Lipinski definition) is 1. The molecule has 1 atom stereocenters. The number of rotatable bonds is 4. The third kappa shape index (κ3) is 3.94. The van der Waals surface area contributed by atoms with Crippen LogP contribution in [0.5, 0.6) is 0 Å². The fraction of sp³-hybridized carbons (Fsp3) is 0.214. The number of hydrogen-bond acceptors (Lipinski definition) is 2. The van der Waals surface area contributed by atoms with Crippen molar-refractivity contribution in [2.75, 3.05) is 0 Å². The van der Waals surface area contributed by atoms with Crippen LogP contribution in [-0.2, 0) is 6.42 Å². The van der Waals surface area contributed by atoms with E-state index in [1.807, 2.05) is 31.2 Å². The summed E-state index contributed by atoms with van der Waals surface area (Å²) in [6.07, 6.45) is 2.30. The zero-order valence-electron chi connectivity index (χ0n) is 10.3. The maximum atomic E-state index is 12.2. The summed E-state index contributed by atoms with van der Waals surface area (Å²) in [4.78, 5) is 12.2. The monoisotopic (exact) mass is 385 g/mol. The Kier molecular flexibility index (Phi) is 4.82. The fourth-order valence-corrected chi connectivity index (χ4v) is 2.54. The third-order valence-corrected chi connectivity index (χ3v) is 3.82. The Morgan fingerprint density at radius 1 is 1.37 bits per heavy atom. The van der Waals surface area contributed by atoms with Crippen LogP contribution in [0.1, 0.15) is 23.0 Å². The van der Waals surface area contributed by atoms with Gasteiger partial charge < -0.3 is 9.73 Å². The van der Waals surface area contributed by atoms with Gasteiger partial charge in [-0.05, 0) is 53.2 Å². The maximum Gasteiger partial charge on any atom is 0.252 e. The van der Waals surface area contributed by atoms with Gasteiger partial charge in [-0.25, -0.2) is 0 Å². The number of benzene rings is 1. The van der Waals surface area contributed by atoms with Crippen LogP contribution in [0, 0.1) is 0 Å². The summed E-state index contributed by atoms with van der Waals surface area (Å²) >= 11 is 6.74. The molecule has 0 fully saturated rings. The summed E-state index contributed by atoms with van der Waals surface area (Å²) in [7, 11) is 0. The molecule has 0 saturated carbocycles. The topological polar surface area (TPSA) is 42.2 Å². The van der Waals surface area contributed by atoms with Crippen molar-refractivity contribution in [3.8, 4) is 0 Å². The number of nitrogens with one attached hydrogen (secondary N) is 1. The zero-order valence-corrected chi connectivity index (χ0v) is 13.5. The van der Waals surface area contributed by atoms with Crippen LogP contribution < -0.4 is 5.32 Å². The molecule has 1 unspecified atom stereocenters. The van der Waals surface area contributed by atoms with Crippen molar-refractivity contribution in [2.45, 2.75) is 19.4 Å². The van der Waals surface area contributed by atoms with Gasteiger partial charge in [0, 0.05) is 21.4 Å². The van der Waals surface area contributed by atoms with E-state index >= 15 is 0 Å². The predicted molar refractivity (Wildman–Crippen MR) is 81.2 cm³/mol. The van der Waals surface area contributed by atoms with Crippen molar-refractivity contribution >= 4 is 37.8 Å². The van der Waals surface area contributed by atoms with Gasteiger partial charge in [-0.3, -0.25) is 4.79 Å². The van der Waals surface area contributed by atoms with Crippen LogP contribution in [-0.4, -0.2) is 11.9 Å². The van der Waals surface area contributed by atoms with E-state index in [2.05, 4.69) is 37.2 Å². The minimum absolute atomic E-state index is 0.00420. The first-order chi connectivity index (χ1) is 9.06. The van der Waals surface area contributed by atoms with Gasteiger partial charge in [-0.15, -0.1) is 0 Å². The van der Waals surface area contributed by atoms with E-state index in [1.165, 1.54) is 0 Å². The molecule has 0 spiro atoms. The molecule has 1 amide bonds. The lowest BCUT2D eigenvalue weighted by atomic mass is 10.1. The summed E-state index contributed by atoms with van der Waals surface area (Å²) in [6, 6.07) is 9.26. The van der Waals surface area contributed by atoms with Crippen molar-refractivity contribution < 1.29 is 9.21 Å². The second-order valence-electron chi connectivity index (χ2n) is 4.28. The van der Waals surface area contributed by atoms with Crippen LogP contribution in [0.4, 0.5) is 0 Å². The Morgan fingerprint density at radius 2 is 2.16 bits per heavy atom. The molecule has 19 heavy (non-hydrogen) atoms. The molecule has 0 saturated heterocycles. The van der Waals surface area contributed by atoms with E-state index in [0.29, 0.717) is 12.0 Å². The molecular formula is C14H13Br2NO2. The predicted octanol–water partition coefficient (Wildman–Crippen LogP) is 4.17. The average Bonchev–Trinajstić information content (AvgIpc) is 2.84. The summed E-state index contributed by atoms with van der Waals surface area (Å²) < 4.78 is 6.92. The number of furan rings is 1. The fourth-order valence-electron chi connectivity index (χ4n) is 1.75. The molecule has 1 N–H and O–H groups in total. The molecule has 0 aliphatic rings. The molecule has 100 valence electrons. The van der Waals surface area contributed by atoms with Gasteiger partial charge in [0.15, 0.2) is 0 Å². The van der Waals surface area contributed by atoms with Gasteiger partial charge >= 0.3 is 0 Å². The Morgan fingerprint density at radius 3 is 2.84 bits per heavy atom. The normalized spacial score (nSPS) is 12.2. The Labute approximate surface area is 128 Å². The standard InChI is InChI=1S/C14H13Br2NO2/c1-9(7-11-3-2-6-19-11)17-14(18)12-8-10(15)4-5-13(12)16/h2-6,8-9H,7H2,1H3,(H,17,18). The first-order valence-corrected chi connectivity index (χ1v) is 7.43. The number of halogens is 2. The minimum atomic E-state index is -0.104. The largest absolute Gasteiger partial charge is 0.469 e. The molecule has 1 aromatic carbocycles. The molecule has 0 radical (unpaired) electrons. The summed E-state index contributed by atoms with van der Waals surface area (Å²) in [5.41, 5.74) is 0.612. The van der Waals surface area contributed by atoms with Gasteiger partial charge in [0.25, 0.3) is 5.91 Å². The molecule has 0 bridgehead atoms. The van der Waals surface area contributed by atoms with E-state index in [-0.39, 0.29) is 11.9 Å². The summed E-state index contributed by atoms with van der Waals surface area (Å²) in [5.74, 6) is 0.758. The molecule has 0 aliphatic carbocycles. The first-order valence-electron chi connectivity index (χ1n) is 5.84. The van der Waals surface area contributed by atoms with E-state index in [1.54, 1.807) is 12.3 Å². The molecule has 2 rings (SSSR count). The average molecular weight is 387 g/mol. The maximum absolute atomic E-state index is 12.2. The highest BCUT2D eigenvalue weighted by atomic mass is 79.9. The number of carbonyl (C=O) groups excluding carboxylic acids is 1. The van der Waals surface area contributed by atoms with Gasteiger partial charge in [-0.2, -0.15) is 0 Å². The zero-order chi connectivity index (χ0) is 13.8. The molecule has 5 heteroatoms. The lowest BCUT2D eigenvalue weighted by Crippen LogP contribution is -2.34. The van der Waals surface area contributed by atoms with E-state index in [0.717, 1.165) is 14.7 Å². The van der Waals surface area contributed by atoms with Crippen LogP contribution in [0.3, 0.4) is 0 Å². The van der Waals surface area contributed by atoms with Crippen LogP contribution in [0.15, 0.2) is 50.0 Å². The lowest BCUT2D eigenvalue weighted by Gasteiger charge is -2.13. The van der Waals surface area contributed by atoms with Gasteiger partial charge in [0.2, 0.25) is 0 Å². The van der Waals surface area contributed by atoms with Crippen molar-refractivity contribution in [3.05, 3.63) is 56.9 Å². The van der Waals surface area contributed by atoms with Crippen molar-refractivity contribution in [1.29, 1.82) is 0 Å². The van der Waals surface area contributed by atoms with E-state index in [4.69, 9.17) is 4.42 Å². The Hall–Kier alpha value is -1.07. The van der Waals surface area contributed by atoms with Crippen LogP contribution in [0.2, 0.25) is 0 Å². The lowest BCUT2D eigenvalue weighted by molar-refractivity contribution is 0.0938. The third-order valence-electron chi connectivity index (χ3n) is 2.64. The molecular weight excluding hydrogens is 374 g/mol. The van der Waals surface area contributed by atoms with Crippen molar-refractivity contribution in [2.24, 2.45) is 0 Å². The second kappa shape index (κ2) is 6.39. The highest BCUT2D eigenvalue weighted by Gasteiger charge is 2.14. The van der Waals surface area contributed by atoms with E-state index in [9.17, 15) is 4.79 Å². The van der Waals surface area contributed by atoms with Crippen LogP contribution >= 0.6 is 31.9 Å². The quantitative estimate of drug-likeness (QED) is 0.856. The number of amides is 1. The van der Waals surface area contributed by atoms with Gasteiger partial charge in [-0.1, -0.05) is 15.9 Å². The number of carbonyl (C=O) groups is 1. The van der Waals surface area contributed by atoms with Gasteiger partial charge in [0.05, 0.1) is 11.8 Å². The molecule has 0 aliphatic heterocycles. The van der Waals surface area contributed by atoms with Crippen LogP contribution in [0.25, 0.3) is 0 Å². The Balaban J connectivity index is 2.02. The molecule has 1 aromatic heterocycles. The second-order valence-corrected chi connectivity index (χ2v) is 6.05. The minimum Gasteiger partial charge on any atom is -0.469 e. The molecule has 1 heterocycles.